The number of benzene rings is 1. The molecule has 1 aromatic carbocycles. The highest BCUT2D eigenvalue weighted by Gasteiger charge is 2.61. The Hall–Kier alpha value is -3.14. The van der Waals surface area contributed by atoms with Gasteiger partial charge in [-0.25, -0.2) is 4.79 Å². The van der Waals surface area contributed by atoms with Crippen molar-refractivity contribution in [3.63, 3.8) is 0 Å². The SMILES string of the molecule is CCC(CCCC(C)(CCCC(C)(CCCC(C)(CC)C(=O)OC1(C)C2CC3CC(C2)CC1C3)C(=O)OC1CCOC1=O)C(=O)OC12CC3CC(CC(O)(C3)C1)C2)c1ccc(O)cc1. The summed E-state index contributed by atoms with van der Waals surface area (Å²) in [6.45, 7) is 12.6. The minimum atomic E-state index is -0.977. The van der Waals surface area contributed by atoms with Crippen LogP contribution in [0.2, 0.25) is 0 Å². The van der Waals surface area contributed by atoms with Crippen molar-refractivity contribution in [1.82, 2.24) is 0 Å². The first kappa shape index (κ1) is 47.4. The van der Waals surface area contributed by atoms with Gasteiger partial charge in [-0.15, -0.1) is 0 Å². The number of rotatable bonds is 21. The van der Waals surface area contributed by atoms with Crippen LogP contribution in [0.3, 0.4) is 0 Å². The fourth-order valence-corrected chi connectivity index (χ4v) is 14.9. The molecule has 10 rings (SSSR count). The number of aliphatic hydroxyl groups is 1. The highest BCUT2D eigenvalue weighted by atomic mass is 16.6. The zero-order chi connectivity index (χ0) is 45.7. The van der Waals surface area contributed by atoms with Crippen molar-refractivity contribution in [2.75, 3.05) is 6.61 Å². The molecule has 9 fully saturated rings. The first-order valence-electron chi connectivity index (χ1n) is 25.7. The minimum Gasteiger partial charge on any atom is -0.508 e. The third kappa shape index (κ3) is 9.66. The minimum absolute atomic E-state index is 0.126. The van der Waals surface area contributed by atoms with Gasteiger partial charge in [0.2, 0.25) is 6.10 Å². The zero-order valence-electron chi connectivity index (χ0n) is 40.1. The van der Waals surface area contributed by atoms with E-state index in [1.807, 2.05) is 32.9 Å². The predicted octanol–water partition coefficient (Wildman–Crippen LogP) is 11.1. The lowest BCUT2D eigenvalue weighted by Crippen LogP contribution is -2.61. The van der Waals surface area contributed by atoms with Gasteiger partial charge in [0.1, 0.15) is 17.0 Å². The molecule has 356 valence electrons. The van der Waals surface area contributed by atoms with E-state index in [1.165, 1.54) is 12.0 Å². The van der Waals surface area contributed by atoms with Crippen LogP contribution in [-0.2, 0) is 38.1 Å². The van der Waals surface area contributed by atoms with E-state index in [4.69, 9.17) is 18.9 Å². The van der Waals surface area contributed by atoms with Crippen molar-refractivity contribution in [2.45, 2.75) is 218 Å². The molecule has 9 aliphatic rings. The van der Waals surface area contributed by atoms with Crippen molar-refractivity contribution in [3.8, 4) is 5.75 Å². The number of esters is 4. The zero-order valence-corrected chi connectivity index (χ0v) is 40.1. The second kappa shape index (κ2) is 18.2. The van der Waals surface area contributed by atoms with Gasteiger partial charge in [-0.1, -0.05) is 45.2 Å². The van der Waals surface area contributed by atoms with Crippen LogP contribution >= 0.6 is 0 Å². The van der Waals surface area contributed by atoms with Crippen LogP contribution in [0.1, 0.15) is 201 Å². The smallest absolute Gasteiger partial charge is 0.347 e. The molecule has 7 atom stereocenters. The molecule has 0 amide bonds. The summed E-state index contributed by atoms with van der Waals surface area (Å²) in [5.41, 5.74) is -3.16. The maximum absolute atomic E-state index is 14.8. The molecule has 0 radical (unpaired) electrons. The average molecular weight is 889 g/mol. The fraction of sp³-hybridized carbons (Fsp3) is 0.815. The van der Waals surface area contributed by atoms with Crippen LogP contribution in [-0.4, -0.2) is 63.6 Å². The number of carbonyl (C=O) groups excluding carboxylic acids is 4. The van der Waals surface area contributed by atoms with Crippen molar-refractivity contribution < 1.29 is 48.3 Å². The van der Waals surface area contributed by atoms with Gasteiger partial charge in [-0.3, -0.25) is 14.4 Å². The summed E-state index contributed by atoms with van der Waals surface area (Å²) in [5.74, 6) is 2.40. The molecular formula is C54H80O10. The van der Waals surface area contributed by atoms with Gasteiger partial charge in [-0.05, 0) is 202 Å². The summed E-state index contributed by atoms with van der Waals surface area (Å²) in [5, 5.41) is 21.5. The molecule has 0 spiro atoms. The Morgan fingerprint density at radius 2 is 1.27 bits per heavy atom. The molecule has 10 heteroatoms. The molecule has 1 heterocycles. The van der Waals surface area contributed by atoms with Gasteiger partial charge in [0.15, 0.2) is 0 Å². The highest BCUT2D eigenvalue weighted by Crippen LogP contribution is 2.61. The number of cyclic esters (lactones) is 1. The van der Waals surface area contributed by atoms with Crippen molar-refractivity contribution >= 4 is 23.9 Å². The molecule has 8 aliphatic carbocycles. The standard InChI is InChI=1S/C54H80O10/c1-7-39(40-13-15-43(55)16-14-40)12-9-18-51(5,48(59)64-54-32-37-25-38(33-54)31-53(60,30-37)34-54)22-11-21-50(4,46(57)62-44-17-23-61-45(44)56)20-10-19-49(3,8-2)47(58)63-52(6)41-26-35-24-36(28-41)29-42(52)27-35/h13-16,35-39,41-42,44,55,60H,7-12,17-34H2,1-6H3. The monoisotopic (exact) mass is 889 g/mol. The van der Waals surface area contributed by atoms with E-state index in [0.717, 1.165) is 88.9 Å². The molecule has 10 nitrogen and oxygen atoms in total. The van der Waals surface area contributed by atoms with Gasteiger partial charge in [0, 0.05) is 12.8 Å². The van der Waals surface area contributed by atoms with Crippen LogP contribution in [0.15, 0.2) is 24.3 Å². The van der Waals surface area contributed by atoms with Gasteiger partial charge in [-0.2, -0.15) is 0 Å². The lowest BCUT2D eigenvalue weighted by molar-refractivity contribution is -0.226. The highest BCUT2D eigenvalue weighted by molar-refractivity contribution is 5.83. The molecule has 1 aliphatic heterocycles. The molecule has 7 unspecified atom stereocenters. The Bertz CT molecular complexity index is 1830. The van der Waals surface area contributed by atoms with Gasteiger partial charge >= 0.3 is 23.9 Å². The second-order valence-corrected chi connectivity index (χ2v) is 23.8. The van der Waals surface area contributed by atoms with Crippen LogP contribution in [0.25, 0.3) is 0 Å². The maximum atomic E-state index is 14.8. The molecule has 8 bridgehead atoms. The fourth-order valence-electron chi connectivity index (χ4n) is 14.9. The predicted molar refractivity (Wildman–Crippen MR) is 243 cm³/mol. The Kier molecular flexibility index (Phi) is 13.4. The summed E-state index contributed by atoms with van der Waals surface area (Å²) >= 11 is 0. The first-order chi connectivity index (χ1) is 30.3. The molecule has 64 heavy (non-hydrogen) atoms. The number of hydrogen-bond donors (Lipinski definition) is 2. The molecule has 8 saturated carbocycles. The van der Waals surface area contributed by atoms with Crippen molar-refractivity contribution in [3.05, 3.63) is 29.8 Å². The summed E-state index contributed by atoms with van der Waals surface area (Å²) in [6.07, 6.45) is 17.2. The van der Waals surface area contributed by atoms with Crippen molar-refractivity contribution in [1.29, 1.82) is 0 Å². The number of phenolic OH excluding ortho intramolecular Hbond substituents is 1. The molecule has 1 aromatic rings. The van der Waals surface area contributed by atoms with Crippen LogP contribution < -0.4 is 0 Å². The number of phenols is 1. The van der Waals surface area contributed by atoms with Crippen molar-refractivity contribution in [2.24, 2.45) is 51.8 Å². The van der Waals surface area contributed by atoms with Gasteiger partial charge < -0.3 is 29.2 Å². The molecule has 1 saturated heterocycles. The van der Waals surface area contributed by atoms with Crippen LogP contribution in [0.5, 0.6) is 5.75 Å². The van der Waals surface area contributed by atoms with E-state index in [-0.39, 0.29) is 30.2 Å². The van der Waals surface area contributed by atoms with E-state index < -0.39 is 51.1 Å². The third-order valence-electron chi connectivity index (χ3n) is 18.8. The van der Waals surface area contributed by atoms with Crippen LogP contribution in [0.4, 0.5) is 0 Å². The van der Waals surface area contributed by atoms with Gasteiger partial charge in [0.05, 0.1) is 28.5 Å². The maximum Gasteiger partial charge on any atom is 0.347 e. The van der Waals surface area contributed by atoms with Crippen LogP contribution in [0, 0.1) is 51.8 Å². The molecule has 2 N–H and O–H groups in total. The van der Waals surface area contributed by atoms with E-state index in [9.17, 15) is 29.4 Å². The lowest BCUT2D eigenvalue weighted by atomic mass is 9.50. The van der Waals surface area contributed by atoms with E-state index in [0.29, 0.717) is 87.9 Å². The molecular weight excluding hydrogens is 809 g/mol. The third-order valence-corrected chi connectivity index (χ3v) is 18.8. The number of aromatic hydroxyl groups is 1. The first-order valence-corrected chi connectivity index (χ1v) is 25.7. The number of ether oxygens (including phenoxy) is 4. The average Bonchev–Trinajstić information content (AvgIpc) is 3.63. The Morgan fingerprint density at radius 1 is 0.734 bits per heavy atom. The topological polar surface area (TPSA) is 146 Å². The second-order valence-electron chi connectivity index (χ2n) is 23.8. The largest absolute Gasteiger partial charge is 0.508 e. The van der Waals surface area contributed by atoms with E-state index >= 15 is 0 Å². The Morgan fingerprint density at radius 3 is 1.80 bits per heavy atom. The quantitative estimate of drug-likeness (QED) is 0.0903. The summed E-state index contributed by atoms with van der Waals surface area (Å²) in [4.78, 5) is 55.8. The summed E-state index contributed by atoms with van der Waals surface area (Å²) in [6, 6.07) is 7.42. The Labute approximate surface area is 383 Å². The lowest BCUT2D eigenvalue weighted by Gasteiger charge is -2.59. The number of hydrogen-bond acceptors (Lipinski definition) is 10. The van der Waals surface area contributed by atoms with Gasteiger partial charge in [0.25, 0.3) is 0 Å². The van der Waals surface area contributed by atoms with E-state index in [2.05, 4.69) is 20.8 Å². The summed E-state index contributed by atoms with van der Waals surface area (Å²) in [7, 11) is 0. The summed E-state index contributed by atoms with van der Waals surface area (Å²) < 4.78 is 24.5. The number of carbonyl (C=O) groups is 4. The van der Waals surface area contributed by atoms with E-state index in [1.54, 1.807) is 12.1 Å². The Balaban J connectivity index is 0.957. The normalized spacial score (nSPS) is 36.7. The molecule has 0 aromatic heterocycles.